The van der Waals surface area contributed by atoms with Crippen LogP contribution in [0.4, 0.5) is 5.82 Å². The van der Waals surface area contributed by atoms with E-state index in [1.165, 1.54) is 0 Å². The van der Waals surface area contributed by atoms with Crippen LogP contribution >= 0.6 is 0 Å². The maximum Gasteiger partial charge on any atom is 0.252 e. The summed E-state index contributed by atoms with van der Waals surface area (Å²) in [6, 6.07) is 7.19. The summed E-state index contributed by atoms with van der Waals surface area (Å²) in [4.78, 5) is 19.6. The van der Waals surface area contributed by atoms with Crippen LogP contribution in [0.2, 0.25) is 0 Å². The second kappa shape index (κ2) is 5.27. The standard InChI is InChI=1S/C13H14N4O/c1-9-4-2-6-15-11(9)8-17-13-10(12(14)18)5-3-7-16-13/h2-7H,8H2,1H3,(H2,14,18)(H,16,17). The number of aromatic nitrogens is 2. The number of aryl methyl sites for hydroxylation is 1. The molecule has 0 aliphatic heterocycles. The summed E-state index contributed by atoms with van der Waals surface area (Å²) < 4.78 is 0. The molecule has 0 fully saturated rings. The average molecular weight is 242 g/mol. The molecule has 0 aromatic carbocycles. The number of carbonyl (C=O) groups is 1. The summed E-state index contributed by atoms with van der Waals surface area (Å²) in [6.45, 7) is 2.49. The first-order valence-corrected chi connectivity index (χ1v) is 5.57. The lowest BCUT2D eigenvalue weighted by molar-refractivity contribution is 0.100. The molecule has 3 N–H and O–H groups in total. The molecule has 5 heteroatoms. The van der Waals surface area contributed by atoms with Crippen molar-refractivity contribution >= 4 is 11.7 Å². The van der Waals surface area contributed by atoms with Gasteiger partial charge in [-0.05, 0) is 30.7 Å². The fraction of sp³-hybridized carbons (Fsp3) is 0.154. The van der Waals surface area contributed by atoms with Crippen molar-refractivity contribution < 1.29 is 4.79 Å². The molecule has 2 aromatic heterocycles. The molecule has 0 saturated heterocycles. The summed E-state index contributed by atoms with van der Waals surface area (Å²) in [5.41, 5.74) is 7.66. The minimum Gasteiger partial charge on any atom is -0.365 e. The quantitative estimate of drug-likeness (QED) is 0.851. The monoisotopic (exact) mass is 242 g/mol. The molecular formula is C13H14N4O. The zero-order valence-corrected chi connectivity index (χ0v) is 10.1. The molecule has 0 radical (unpaired) electrons. The Morgan fingerprint density at radius 3 is 2.72 bits per heavy atom. The van der Waals surface area contributed by atoms with Crippen molar-refractivity contribution in [2.24, 2.45) is 5.73 Å². The van der Waals surface area contributed by atoms with Crippen molar-refractivity contribution in [3.8, 4) is 0 Å². The molecule has 2 heterocycles. The largest absolute Gasteiger partial charge is 0.365 e. The Labute approximate surface area is 105 Å². The van der Waals surface area contributed by atoms with Gasteiger partial charge in [-0.3, -0.25) is 9.78 Å². The van der Waals surface area contributed by atoms with Gasteiger partial charge in [-0.15, -0.1) is 0 Å². The molecule has 0 saturated carbocycles. The van der Waals surface area contributed by atoms with Crippen molar-refractivity contribution in [2.45, 2.75) is 13.5 Å². The first-order valence-electron chi connectivity index (χ1n) is 5.57. The van der Waals surface area contributed by atoms with Gasteiger partial charge in [0.25, 0.3) is 5.91 Å². The number of carbonyl (C=O) groups excluding carboxylic acids is 1. The van der Waals surface area contributed by atoms with E-state index >= 15 is 0 Å². The number of nitrogens with zero attached hydrogens (tertiary/aromatic N) is 2. The van der Waals surface area contributed by atoms with E-state index in [0.29, 0.717) is 17.9 Å². The van der Waals surface area contributed by atoms with Gasteiger partial charge in [-0.25, -0.2) is 4.98 Å². The SMILES string of the molecule is Cc1cccnc1CNc1ncccc1C(N)=O. The maximum atomic E-state index is 11.2. The normalized spacial score (nSPS) is 10.1. The number of anilines is 1. The molecule has 0 atom stereocenters. The van der Waals surface area contributed by atoms with Gasteiger partial charge in [0.05, 0.1) is 17.8 Å². The molecule has 0 unspecified atom stereocenters. The molecule has 2 aromatic rings. The molecule has 5 nitrogen and oxygen atoms in total. The van der Waals surface area contributed by atoms with E-state index in [9.17, 15) is 4.79 Å². The molecule has 2 rings (SSSR count). The Balaban J connectivity index is 2.16. The van der Waals surface area contributed by atoms with Crippen molar-refractivity contribution in [2.75, 3.05) is 5.32 Å². The minimum absolute atomic E-state index is 0.381. The van der Waals surface area contributed by atoms with Gasteiger partial charge in [-0.2, -0.15) is 0 Å². The average Bonchev–Trinajstić information content (AvgIpc) is 2.38. The van der Waals surface area contributed by atoms with Crippen molar-refractivity contribution in [1.29, 1.82) is 0 Å². The van der Waals surface area contributed by atoms with E-state index in [1.807, 2.05) is 19.1 Å². The van der Waals surface area contributed by atoms with Crippen LogP contribution < -0.4 is 11.1 Å². The van der Waals surface area contributed by atoms with E-state index in [4.69, 9.17) is 5.73 Å². The fourth-order valence-electron chi connectivity index (χ4n) is 1.62. The lowest BCUT2D eigenvalue weighted by atomic mass is 10.2. The summed E-state index contributed by atoms with van der Waals surface area (Å²) in [5.74, 6) is -0.0154. The van der Waals surface area contributed by atoms with Gasteiger partial charge in [0.2, 0.25) is 0 Å². The molecule has 0 bridgehead atoms. The number of primary amides is 1. The highest BCUT2D eigenvalue weighted by Crippen LogP contribution is 2.12. The highest BCUT2D eigenvalue weighted by atomic mass is 16.1. The Kier molecular flexibility index (Phi) is 3.52. The van der Waals surface area contributed by atoms with E-state index in [1.54, 1.807) is 24.5 Å². The van der Waals surface area contributed by atoms with Gasteiger partial charge in [0.1, 0.15) is 5.82 Å². The van der Waals surface area contributed by atoms with Crippen LogP contribution in [0, 0.1) is 6.92 Å². The van der Waals surface area contributed by atoms with Crippen LogP contribution in [0.1, 0.15) is 21.6 Å². The van der Waals surface area contributed by atoms with Crippen LogP contribution in [0.3, 0.4) is 0 Å². The molecule has 0 aliphatic carbocycles. The van der Waals surface area contributed by atoms with E-state index in [0.717, 1.165) is 11.3 Å². The van der Waals surface area contributed by atoms with Crippen molar-refractivity contribution in [3.05, 3.63) is 53.5 Å². The Bertz CT molecular complexity index is 568. The van der Waals surface area contributed by atoms with Crippen molar-refractivity contribution in [1.82, 2.24) is 9.97 Å². The lowest BCUT2D eigenvalue weighted by Gasteiger charge is -2.09. The van der Waals surface area contributed by atoms with E-state index in [-0.39, 0.29) is 0 Å². The van der Waals surface area contributed by atoms with Crippen LogP contribution in [0.15, 0.2) is 36.7 Å². The molecular weight excluding hydrogens is 228 g/mol. The zero-order chi connectivity index (χ0) is 13.0. The van der Waals surface area contributed by atoms with Gasteiger partial charge in [0, 0.05) is 12.4 Å². The predicted molar refractivity (Wildman–Crippen MR) is 69.1 cm³/mol. The number of hydrogen-bond donors (Lipinski definition) is 2. The van der Waals surface area contributed by atoms with Gasteiger partial charge in [0.15, 0.2) is 0 Å². The van der Waals surface area contributed by atoms with E-state index in [2.05, 4.69) is 15.3 Å². The highest BCUT2D eigenvalue weighted by Gasteiger charge is 2.08. The topological polar surface area (TPSA) is 80.9 Å². The molecule has 0 spiro atoms. The third-order valence-corrected chi connectivity index (χ3v) is 2.61. The number of pyridine rings is 2. The maximum absolute atomic E-state index is 11.2. The first kappa shape index (κ1) is 12.0. The second-order valence-corrected chi connectivity index (χ2v) is 3.88. The summed E-state index contributed by atoms with van der Waals surface area (Å²) >= 11 is 0. The Morgan fingerprint density at radius 2 is 2.00 bits per heavy atom. The summed E-state index contributed by atoms with van der Waals surface area (Å²) in [7, 11) is 0. The Morgan fingerprint density at radius 1 is 1.28 bits per heavy atom. The zero-order valence-electron chi connectivity index (χ0n) is 10.1. The van der Waals surface area contributed by atoms with Gasteiger partial charge in [-0.1, -0.05) is 6.07 Å². The number of nitrogens with two attached hydrogens (primary N) is 1. The summed E-state index contributed by atoms with van der Waals surface area (Å²) in [6.07, 6.45) is 3.34. The van der Waals surface area contributed by atoms with E-state index < -0.39 is 5.91 Å². The summed E-state index contributed by atoms with van der Waals surface area (Å²) in [5, 5.41) is 3.08. The number of rotatable bonds is 4. The third kappa shape index (κ3) is 2.63. The van der Waals surface area contributed by atoms with Crippen LogP contribution in [0.25, 0.3) is 0 Å². The number of hydrogen-bond acceptors (Lipinski definition) is 4. The van der Waals surface area contributed by atoms with Crippen LogP contribution in [-0.4, -0.2) is 15.9 Å². The number of nitrogens with one attached hydrogen (secondary N) is 1. The van der Waals surface area contributed by atoms with Crippen LogP contribution in [-0.2, 0) is 6.54 Å². The molecule has 0 aliphatic rings. The van der Waals surface area contributed by atoms with Gasteiger partial charge >= 0.3 is 0 Å². The van der Waals surface area contributed by atoms with Gasteiger partial charge < -0.3 is 11.1 Å². The molecule has 92 valence electrons. The smallest absolute Gasteiger partial charge is 0.252 e. The highest BCUT2D eigenvalue weighted by molar-refractivity contribution is 5.97. The third-order valence-electron chi connectivity index (χ3n) is 2.61. The first-order chi connectivity index (χ1) is 8.68. The van der Waals surface area contributed by atoms with Crippen LogP contribution in [0.5, 0.6) is 0 Å². The minimum atomic E-state index is -0.497. The number of amides is 1. The Hall–Kier alpha value is -2.43. The predicted octanol–water partition coefficient (Wildman–Crippen LogP) is 1.50. The fourth-order valence-corrected chi connectivity index (χ4v) is 1.62. The van der Waals surface area contributed by atoms with Crippen molar-refractivity contribution in [3.63, 3.8) is 0 Å². The lowest BCUT2D eigenvalue weighted by Crippen LogP contribution is -2.15. The molecule has 18 heavy (non-hydrogen) atoms. The second-order valence-electron chi connectivity index (χ2n) is 3.88. The molecule has 1 amide bonds.